The van der Waals surface area contributed by atoms with E-state index in [1.165, 1.54) is 0 Å². The van der Waals surface area contributed by atoms with Crippen LogP contribution in [0.1, 0.15) is 44.7 Å². The molecule has 0 radical (unpaired) electrons. The van der Waals surface area contributed by atoms with Gasteiger partial charge in [-0.15, -0.1) is 0 Å². The van der Waals surface area contributed by atoms with Crippen LogP contribution in [0.25, 0.3) is 0 Å². The summed E-state index contributed by atoms with van der Waals surface area (Å²) in [7, 11) is 0. The van der Waals surface area contributed by atoms with Crippen LogP contribution in [0.3, 0.4) is 0 Å². The number of hydrogen-bond donors (Lipinski definition) is 3. The van der Waals surface area contributed by atoms with Gasteiger partial charge in [0.05, 0.1) is 6.04 Å². The van der Waals surface area contributed by atoms with Gasteiger partial charge in [0.25, 0.3) is 0 Å². The van der Waals surface area contributed by atoms with E-state index in [1.807, 2.05) is 32.0 Å². The molecule has 3 amide bonds. The van der Waals surface area contributed by atoms with Crippen molar-refractivity contribution in [2.24, 2.45) is 5.92 Å². The zero-order valence-corrected chi connectivity index (χ0v) is 15.3. The van der Waals surface area contributed by atoms with E-state index in [0.717, 1.165) is 29.9 Å². The molecule has 142 valence electrons. The van der Waals surface area contributed by atoms with Crippen molar-refractivity contribution in [1.82, 2.24) is 16.0 Å². The highest BCUT2D eigenvalue weighted by Crippen LogP contribution is 2.43. The second-order valence-corrected chi connectivity index (χ2v) is 7.09. The molecule has 0 bridgehead atoms. The first-order valence-electron chi connectivity index (χ1n) is 9.26. The van der Waals surface area contributed by atoms with Crippen molar-refractivity contribution in [3.8, 4) is 11.5 Å². The van der Waals surface area contributed by atoms with E-state index in [-0.39, 0.29) is 30.4 Å². The van der Waals surface area contributed by atoms with Gasteiger partial charge in [0.15, 0.2) is 11.5 Å². The van der Waals surface area contributed by atoms with Gasteiger partial charge in [-0.1, -0.05) is 6.07 Å². The van der Waals surface area contributed by atoms with Crippen molar-refractivity contribution in [3.05, 3.63) is 23.8 Å². The number of rotatable bonds is 7. The van der Waals surface area contributed by atoms with E-state index in [2.05, 4.69) is 16.0 Å². The number of ether oxygens (including phenoxy) is 2. The van der Waals surface area contributed by atoms with Crippen LogP contribution in [-0.2, 0) is 4.79 Å². The summed E-state index contributed by atoms with van der Waals surface area (Å²) >= 11 is 0. The minimum Gasteiger partial charge on any atom is -0.486 e. The summed E-state index contributed by atoms with van der Waals surface area (Å²) < 4.78 is 11.2. The number of hydrogen-bond acceptors (Lipinski definition) is 4. The fourth-order valence-electron chi connectivity index (χ4n) is 3.03. The maximum atomic E-state index is 12.2. The molecular weight excluding hydrogens is 334 g/mol. The summed E-state index contributed by atoms with van der Waals surface area (Å²) in [4.78, 5) is 23.9. The van der Waals surface area contributed by atoms with Crippen LogP contribution in [0, 0.1) is 5.92 Å². The normalized spacial score (nSPS) is 16.7. The molecule has 2 aliphatic rings. The van der Waals surface area contributed by atoms with Crippen molar-refractivity contribution in [2.45, 2.75) is 45.2 Å². The van der Waals surface area contributed by atoms with Gasteiger partial charge < -0.3 is 25.4 Å². The van der Waals surface area contributed by atoms with Crippen LogP contribution in [0.2, 0.25) is 0 Å². The molecule has 7 heteroatoms. The molecular formula is C19H27N3O4. The number of fused-ring (bicyclic) bond motifs is 1. The average Bonchev–Trinajstić information content (AvgIpc) is 3.43. The lowest BCUT2D eigenvalue weighted by Gasteiger charge is -2.23. The summed E-state index contributed by atoms with van der Waals surface area (Å²) in [5.74, 6) is 1.85. The number of amides is 3. The molecule has 1 aliphatic carbocycles. The van der Waals surface area contributed by atoms with E-state index in [4.69, 9.17) is 9.47 Å². The van der Waals surface area contributed by atoms with E-state index in [9.17, 15) is 9.59 Å². The first-order chi connectivity index (χ1) is 12.5. The van der Waals surface area contributed by atoms with Gasteiger partial charge in [0, 0.05) is 19.0 Å². The summed E-state index contributed by atoms with van der Waals surface area (Å²) in [5.41, 5.74) is 1.02. The quantitative estimate of drug-likeness (QED) is 0.694. The molecule has 1 aromatic carbocycles. The number of urea groups is 1. The van der Waals surface area contributed by atoms with Crippen LogP contribution in [0.5, 0.6) is 11.5 Å². The lowest BCUT2D eigenvalue weighted by molar-refractivity contribution is -0.121. The zero-order valence-electron chi connectivity index (χ0n) is 15.3. The Morgan fingerprint density at radius 3 is 2.54 bits per heavy atom. The van der Waals surface area contributed by atoms with Gasteiger partial charge in [0.2, 0.25) is 5.91 Å². The average molecular weight is 361 g/mol. The molecule has 0 unspecified atom stereocenters. The second kappa shape index (κ2) is 8.29. The van der Waals surface area contributed by atoms with Crippen LogP contribution in [0.4, 0.5) is 4.79 Å². The van der Waals surface area contributed by atoms with Crippen molar-refractivity contribution in [3.63, 3.8) is 0 Å². The van der Waals surface area contributed by atoms with Crippen LogP contribution in [-0.4, -0.2) is 37.7 Å². The fraction of sp³-hybridized carbons (Fsp3) is 0.579. The Hall–Kier alpha value is -2.44. The fourth-order valence-corrected chi connectivity index (χ4v) is 3.03. The Balaban J connectivity index is 1.54. The van der Waals surface area contributed by atoms with Gasteiger partial charge in [-0.25, -0.2) is 4.79 Å². The van der Waals surface area contributed by atoms with E-state index in [0.29, 0.717) is 25.7 Å². The Morgan fingerprint density at radius 2 is 1.85 bits per heavy atom. The Kier molecular flexibility index (Phi) is 5.85. The Bertz CT molecular complexity index is 658. The lowest BCUT2D eigenvalue weighted by Crippen LogP contribution is -2.41. The first kappa shape index (κ1) is 18.4. The molecule has 1 heterocycles. The van der Waals surface area contributed by atoms with E-state index >= 15 is 0 Å². The summed E-state index contributed by atoms with van der Waals surface area (Å²) in [6.07, 6.45) is 2.45. The molecule has 0 aromatic heterocycles. The molecule has 0 spiro atoms. The van der Waals surface area contributed by atoms with Gasteiger partial charge in [-0.3, -0.25) is 4.79 Å². The largest absolute Gasteiger partial charge is 0.486 e. The maximum Gasteiger partial charge on any atom is 0.315 e. The highest BCUT2D eigenvalue weighted by molar-refractivity contribution is 5.78. The minimum absolute atomic E-state index is 0.0599. The predicted molar refractivity (Wildman–Crippen MR) is 97.3 cm³/mol. The SMILES string of the molecule is CC(C)NC(=O)CCNC(=O)N[C@H](c1ccc2c(c1)OCCO2)C1CC1. The number of benzene rings is 1. The minimum atomic E-state index is -0.255. The zero-order chi connectivity index (χ0) is 18.5. The van der Waals surface area contributed by atoms with E-state index < -0.39 is 0 Å². The number of nitrogens with one attached hydrogen (secondary N) is 3. The lowest BCUT2D eigenvalue weighted by atomic mass is 10.0. The van der Waals surface area contributed by atoms with Crippen LogP contribution < -0.4 is 25.4 Å². The number of carbonyl (C=O) groups is 2. The summed E-state index contributed by atoms with van der Waals surface area (Å²) in [5, 5.41) is 8.61. The smallest absolute Gasteiger partial charge is 0.315 e. The maximum absolute atomic E-state index is 12.2. The van der Waals surface area contributed by atoms with E-state index in [1.54, 1.807) is 0 Å². The molecule has 1 saturated carbocycles. The molecule has 3 rings (SSSR count). The van der Waals surface area contributed by atoms with Crippen molar-refractivity contribution in [1.29, 1.82) is 0 Å². The van der Waals surface area contributed by atoms with Crippen LogP contribution >= 0.6 is 0 Å². The predicted octanol–water partition coefficient (Wildman–Crippen LogP) is 2.12. The van der Waals surface area contributed by atoms with Crippen molar-refractivity contribution in [2.75, 3.05) is 19.8 Å². The summed E-state index contributed by atoms with van der Waals surface area (Å²) in [6, 6.07) is 5.62. The van der Waals surface area contributed by atoms with Gasteiger partial charge in [0.1, 0.15) is 13.2 Å². The molecule has 26 heavy (non-hydrogen) atoms. The molecule has 1 aromatic rings. The standard InChI is InChI=1S/C19H27N3O4/c1-12(2)21-17(23)7-8-20-19(24)22-18(13-3-4-13)14-5-6-15-16(11-14)26-10-9-25-15/h5-6,11-13,18H,3-4,7-10H2,1-2H3,(H,21,23)(H2,20,22,24)/t18-/m0/s1. The monoisotopic (exact) mass is 361 g/mol. The second-order valence-electron chi connectivity index (χ2n) is 7.09. The van der Waals surface area contributed by atoms with Gasteiger partial charge in [-0.05, 0) is 50.3 Å². The molecule has 3 N–H and O–H groups in total. The Labute approximate surface area is 153 Å². The molecule has 0 saturated heterocycles. The molecule has 7 nitrogen and oxygen atoms in total. The van der Waals surface area contributed by atoms with Crippen molar-refractivity contribution < 1.29 is 19.1 Å². The first-order valence-corrected chi connectivity index (χ1v) is 9.26. The highest BCUT2D eigenvalue weighted by Gasteiger charge is 2.34. The van der Waals surface area contributed by atoms with Gasteiger partial charge >= 0.3 is 6.03 Å². The topological polar surface area (TPSA) is 88.7 Å². The third-order valence-electron chi connectivity index (χ3n) is 4.39. The molecule has 1 fully saturated rings. The van der Waals surface area contributed by atoms with Gasteiger partial charge in [-0.2, -0.15) is 0 Å². The molecule has 1 atom stereocenters. The number of carbonyl (C=O) groups excluding carboxylic acids is 2. The molecule has 1 aliphatic heterocycles. The Morgan fingerprint density at radius 1 is 1.12 bits per heavy atom. The van der Waals surface area contributed by atoms with Crippen molar-refractivity contribution >= 4 is 11.9 Å². The third kappa shape index (κ3) is 5.03. The van der Waals surface area contributed by atoms with Crippen LogP contribution in [0.15, 0.2) is 18.2 Å². The highest BCUT2D eigenvalue weighted by atomic mass is 16.6. The third-order valence-corrected chi connectivity index (χ3v) is 4.39. The summed E-state index contributed by atoms with van der Waals surface area (Å²) in [6.45, 7) is 5.22.